The summed E-state index contributed by atoms with van der Waals surface area (Å²) in [4.78, 5) is 8.25. The lowest BCUT2D eigenvalue weighted by molar-refractivity contribution is 0.195. The van der Waals surface area contributed by atoms with Crippen molar-refractivity contribution in [1.82, 2.24) is 19.7 Å². The van der Waals surface area contributed by atoms with Gasteiger partial charge in [-0.15, -0.1) is 0 Å². The number of hydrogen-bond donors (Lipinski definition) is 1. The van der Waals surface area contributed by atoms with Crippen LogP contribution >= 0.6 is 0 Å². The highest BCUT2D eigenvalue weighted by molar-refractivity contribution is 5.29. The van der Waals surface area contributed by atoms with Crippen LogP contribution < -0.4 is 9.47 Å². The number of rotatable bonds is 5. The van der Waals surface area contributed by atoms with E-state index in [1.165, 1.54) is 20.4 Å². The normalized spacial score (nSPS) is 12.2. The van der Waals surface area contributed by atoms with Crippen LogP contribution in [0.3, 0.4) is 0 Å². The van der Waals surface area contributed by atoms with Gasteiger partial charge in [-0.05, 0) is 13.0 Å². The Hall–Kier alpha value is -2.15. The molecule has 0 amide bonds. The summed E-state index contributed by atoms with van der Waals surface area (Å²) in [6.45, 7) is 2.60. The lowest BCUT2D eigenvalue weighted by atomic mass is 10.2. The molecule has 2 heterocycles. The summed E-state index contributed by atoms with van der Waals surface area (Å²) in [5, 5.41) is 14.5. The molecular formula is C12H16N4O3. The fourth-order valence-electron chi connectivity index (χ4n) is 1.78. The molecule has 2 aromatic heterocycles. The minimum absolute atomic E-state index is 0.232. The van der Waals surface area contributed by atoms with Crippen molar-refractivity contribution in [2.45, 2.75) is 19.6 Å². The molecule has 0 fully saturated rings. The molecule has 7 nitrogen and oxygen atoms in total. The van der Waals surface area contributed by atoms with E-state index in [4.69, 9.17) is 9.47 Å². The number of aryl methyl sites for hydroxylation is 1. The van der Waals surface area contributed by atoms with Crippen molar-refractivity contribution in [3.05, 3.63) is 29.8 Å². The van der Waals surface area contributed by atoms with Crippen molar-refractivity contribution < 1.29 is 14.6 Å². The molecule has 7 heteroatoms. The number of methoxy groups -OCH3 is 2. The van der Waals surface area contributed by atoms with Gasteiger partial charge in [-0.3, -0.25) is 4.68 Å². The molecule has 0 saturated carbocycles. The third kappa shape index (κ3) is 2.50. The number of hydrogen-bond acceptors (Lipinski definition) is 6. The Balaban J connectivity index is 2.41. The molecule has 2 rings (SSSR count). The maximum Gasteiger partial charge on any atom is 0.241 e. The Kier molecular flexibility index (Phi) is 3.96. The van der Waals surface area contributed by atoms with E-state index < -0.39 is 6.10 Å². The van der Waals surface area contributed by atoms with Crippen LogP contribution in [0.2, 0.25) is 0 Å². The molecule has 0 aliphatic carbocycles. The zero-order valence-electron chi connectivity index (χ0n) is 11.1. The molecule has 0 spiro atoms. The standard InChI is InChI=1S/C12H16N4O3/c1-4-16-8(5-6-14-16)11(17)10-12(19-3)15-9(18-2)7-13-10/h5-7,11,17H,4H2,1-3H3. The van der Waals surface area contributed by atoms with E-state index in [0.29, 0.717) is 23.8 Å². The Labute approximate surface area is 110 Å². The number of aliphatic hydroxyl groups is 1. The maximum absolute atomic E-state index is 10.4. The third-order valence-electron chi connectivity index (χ3n) is 2.74. The molecule has 2 aromatic rings. The summed E-state index contributed by atoms with van der Waals surface area (Å²) >= 11 is 0. The zero-order chi connectivity index (χ0) is 13.8. The fraction of sp³-hybridized carbons (Fsp3) is 0.417. The van der Waals surface area contributed by atoms with Crippen LogP contribution in [0.5, 0.6) is 11.8 Å². The first-order chi connectivity index (χ1) is 9.21. The highest BCUT2D eigenvalue weighted by Gasteiger charge is 2.22. The minimum Gasteiger partial charge on any atom is -0.480 e. The second-order valence-electron chi connectivity index (χ2n) is 3.78. The largest absolute Gasteiger partial charge is 0.480 e. The predicted octanol–water partition coefficient (Wildman–Crippen LogP) is 0.792. The van der Waals surface area contributed by atoms with Crippen LogP contribution in [0.25, 0.3) is 0 Å². The topological polar surface area (TPSA) is 82.3 Å². The maximum atomic E-state index is 10.4. The molecule has 0 aliphatic heterocycles. The Morgan fingerprint density at radius 2 is 2.16 bits per heavy atom. The van der Waals surface area contributed by atoms with Gasteiger partial charge < -0.3 is 14.6 Å². The molecule has 1 unspecified atom stereocenters. The van der Waals surface area contributed by atoms with Gasteiger partial charge in [-0.25, -0.2) is 4.98 Å². The van der Waals surface area contributed by atoms with E-state index in [1.54, 1.807) is 16.9 Å². The van der Waals surface area contributed by atoms with E-state index >= 15 is 0 Å². The third-order valence-corrected chi connectivity index (χ3v) is 2.74. The summed E-state index contributed by atoms with van der Waals surface area (Å²) in [7, 11) is 2.96. The van der Waals surface area contributed by atoms with Crippen LogP contribution in [0.1, 0.15) is 24.4 Å². The van der Waals surface area contributed by atoms with Crippen molar-refractivity contribution in [3.63, 3.8) is 0 Å². The van der Waals surface area contributed by atoms with E-state index in [-0.39, 0.29) is 5.88 Å². The number of aromatic nitrogens is 4. The monoisotopic (exact) mass is 264 g/mol. The summed E-state index contributed by atoms with van der Waals surface area (Å²) in [5.74, 6) is 0.563. The predicted molar refractivity (Wildman–Crippen MR) is 67.1 cm³/mol. The van der Waals surface area contributed by atoms with E-state index in [9.17, 15) is 5.11 Å². The summed E-state index contributed by atoms with van der Waals surface area (Å²) in [6.07, 6.45) is 2.12. The Bertz CT molecular complexity index is 556. The first kappa shape index (κ1) is 13.3. The Morgan fingerprint density at radius 3 is 2.79 bits per heavy atom. The molecule has 1 N–H and O–H groups in total. The lowest BCUT2D eigenvalue weighted by Crippen LogP contribution is -2.12. The van der Waals surface area contributed by atoms with Gasteiger partial charge in [0.2, 0.25) is 11.8 Å². The highest BCUT2D eigenvalue weighted by Crippen LogP contribution is 2.27. The van der Waals surface area contributed by atoms with Crippen molar-refractivity contribution >= 4 is 0 Å². The molecule has 0 saturated heterocycles. The molecule has 0 aromatic carbocycles. The molecule has 19 heavy (non-hydrogen) atoms. The van der Waals surface area contributed by atoms with Gasteiger partial charge in [0.25, 0.3) is 0 Å². The summed E-state index contributed by atoms with van der Waals surface area (Å²) in [5.41, 5.74) is 0.971. The first-order valence-electron chi connectivity index (χ1n) is 5.86. The molecule has 1 atom stereocenters. The van der Waals surface area contributed by atoms with Crippen LogP contribution in [0, 0.1) is 0 Å². The average Bonchev–Trinajstić information content (AvgIpc) is 2.94. The van der Waals surface area contributed by atoms with Crippen molar-refractivity contribution in [2.75, 3.05) is 14.2 Å². The van der Waals surface area contributed by atoms with E-state index in [2.05, 4.69) is 15.1 Å². The van der Waals surface area contributed by atoms with Gasteiger partial charge in [0.05, 0.1) is 26.1 Å². The second kappa shape index (κ2) is 5.66. The molecule has 0 radical (unpaired) electrons. The van der Waals surface area contributed by atoms with E-state index in [0.717, 1.165) is 0 Å². The number of ether oxygens (including phenoxy) is 2. The van der Waals surface area contributed by atoms with Crippen molar-refractivity contribution in [1.29, 1.82) is 0 Å². The second-order valence-corrected chi connectivity index (χ2v) is 3.78. The van der Waals surface area contributed by atoms with Gasteiger partial charge in [0.15, 0.2) is 0 Å². The lowest BCUT2D eigenvalue weighted by Gasteiger charge is -2.14. The van der Waals surface area contributed by atoms with Gasteiger partial charge in [0.1, 0.15) is 11.8 Å². The molecular weight excluding hydrogens is 248 g/mol. The van der Waals surface area contributed by atoms with Crippen molar-refractivity contribution in [2.24, 2.45) is 0 Å². The van der Waals surface area contributed by atoms with Gasteiger partial charge in [-0.2, -0.15) is 10.1 Å². The van der Waals surface area contributed by atoms with Gasteiger partial charge in [0, 0.05) is 12.7 Å². The molecule has 0 aliphatic rings. The SMILES string of the molecule is CCn1nccc1C(O)c1ncc(OC)nc1OC. The Morgan fingerprint density at radius 1 is 1.37 bits per heavy atom. The first-order valence-corrected chi connectivity index (χ1v) is 5.86. The number of nitrogens with zero attached hydrogens (tertiary/aromatic N) is 4. The summed E-state index contributed by atoms with van der Waals surface area (Å²) in [6, 6.07) is 1.74. The highest BCUT2D eigenvalue weighted by atomic mass is 16.5. The van der Waals surface area contributed by atoms with Crippen LogP contribution in [-0.2, 0) is 6.54 Å². The van der Waals surface area contributed by atoms with Crippen molar-refractivity contribution in [3.8, 4) is 11.8 Å². The molecule has 102 valence electrons. The fourth-order valence-corrected chi connectivity index (χ4v) is 1.78. The van der Waals surface area contributed by atoms with Crippen LogP contribution in [-0.4, -0.2) is 39.1 Å². The van der Waals surface area contributed by atoms with Gasteiger partial charge in [-0.1, -0.05) is 0 Å². The quantitative estimate of drug-likeness (QED) is 0.859. The van der Waals surface area contributed by atoms with E-state index in [1.807, 2.05) is 6.92 Å². The average molecular weight is 264 g/mol. The molecule has 0 bridgehead atoms. The minimum atomic E-state index is -0.948. The summed E-state index contributed by atoms with van der Waals surface area (Å²) < 4.78 is 11.8. The van der Waals surface area contributed by atoms with Gasteiger partial charge >= 0.3 is 0 Å². The van der Waals surface area contributed by atoms with Crippen LogP contribution in [0.15, 0.2) is 18.5 Å². The van der Waals surface area contributed by atoms with Crippen LogP contribution in [0.4, 0.5) is 0 Å². The zero-order valence-corrected chi connectivity index (χ0v) is 11.1. The number of aliphatic hydroxyl groups excluding tert-OH is 1. The smallest absolute Gasteiger partial charge is 0.241 e.